The minimum Gasteiger partial charge on any atom is -0.327 e. The standard InChI is InChI=1S/C12H23N/c1-4-7-11(13)10-8-5-6-9-12(10,2)3/h4,10-11H,1,5-9,13H2,2-3H3. The summed E-state index contributed by atoms with van der Waals surface area (Å²) in [7, 11) is 0. The molecule has 0 aromatic heterocycles. The monoisotopic (exact) mass is 181 g/mol. The van der Waals surface area contributed by atoms with Crippen molar-refractivity contribution >= 4 is 0 Å². The van der Waals surface area contributed by atoms with Gasteiger partial charge in [0.15, 0.2) is 0 Å². The van der Waals surface area contributed by atoms with Crippen molar-refractivity contribution < 1.29 is 0 Å². The highest BCUT2D eigenvalue weighted by Gasteiger charge is 2.35. The summed E-state index contributed by atoms with van der Waals surface area (Å²) >= 11 is 0. The maximum absolute atomic E-state index is 6.16. The van der Waals surface area contributed by atoms with E-state index < -0.39 is 0 Å². The lowest BCUT2D eigenvalue weighted by Gasteiger charge is -2.41. The largest absolute Gasteiger partial charge is 0.327 e. The molecule has 0 aliphatic heterocycles. The molecular formula is C12H23N. The second-order valence-corrected chi connectivity index (χ2v) is 5.03. The Labute approximate surface area is 82.4 Å². The van der Waals surface area contributed by atoms with Gasteiger partial charge in [-0.25, -0.2) is 0 Å². The van der Waals surface area contributed by atoms with Crippen molar-refractivity contribution in [3.8, 4) is 0 Å². The summed E-state index contributed by atoms with van der Waals surface area (Å²) in [6, 6.07) is 0.327. The molecule has 76 valence electrons. The second-order valence-electron chi connectivity index (χ2n) is 5.03. The summed E-state index contributed by atoms with van der Waals surface area (Å²) in [5.74, 6) is 0.694. The van der Waals surface area contributed by atoms with E-state index in [0.29, 0.717) is 17.4 Å². The third kappa shape index (κ3) is 2.57. The van der Waals surface area contributed by atoms with E-state index in [2.05, 4.69) is 20.4 Å². The molecule has 0 spiro atoms. The van der Waals surface area contributed by atoms with Crippen molar-refractivity contribution in [2.24, 2.45) is 17.1 Å². The van der Waals surface area contributed by atoms with Crippen LogP contribution in [0.25, 0.3) is 0 Å². The fourth-order valence-corrected chi connectivity index (χ4v) is 2.67. The SMILES string of the molecule is C=CCC(N)C1CCCCC1(C)C. The van der Waals surface area contributed by atoms with Crippen LogP contribution in [0.3, 0.4) is 0 Å². The third-order valence-electron chi connectivity index (χ3n) is 3.55. The molecule has 0 saturated heterocycles. The van der Waals surface area contributed by atoms with Crippen molar-refractivity contribution in [3.05, 3.63) is 12.7 Å². The molecule has 1 rings (SSSR count). The Balaban J connectivity index is 2.59. The topological polar surface area (TPSA) is 26.0 Å². The van der Waals surface area contributed by atoms with Gasteiger partial charge in [0.25, 0.3) is 0 Å². The average Bonchev–Trinajstić information content (AvgIpc) is 2.03. The molecule has 0 heterocycles. The lowest BCUT2D eigenvalue weighted by molar-refractivity contribution is 0.113. The lowest BCUT2D eigenvalue weighted by Crippen LogP contribution is -2.41. The van der Waals surface area contributed by atoms with Gasteiger partial charge in [0.2, 0.25) is 0 Å². The molecule has 0 aromatic carbocycles. The van der Waals surface area contributed by atoms with E-state index in [1.807, 2.05) is 6.08 Å². The zero-order chi connectivity index (χ0) is 9.90. The van der Waals surface area contributed by atoms with Crippen LogP contribution in [-0.2, 0) is 0 Å². The van der Waals surface area contributed by atoms with E-state index in [1.54, 1.807) is 0 Å². The maximum Gasteiger partial charge on any atom is 0.0107 e. The van der Waals surface area contributed by atoms with Crippen LogP contribution in [0.4, 0.5) is 0 Å². The predicted molar refractivity (Wildman–Crippen MR) is 58.5 cm³/mol. The second kappa shape index (κ2) is 4.28. The molecule has 1 fully saturated rings. The number of rotatable bonds is 3. The lowest BCUT2D eigenvalue weighted by atomic mass is 9.65. The minimum atomic E-state index is 0.327. The Bertz CT molecular complexity index is 172. The first-order valence-corrected chi connectivity index (χ1v) is 5.44. The van der Waals surface area contributed by atoms with E-state index in [4.69, 9.17) is 5.73 Å². The van der Waals surface area contributed by atoms with Gasteiger partial charge in [0, 0.05) is 6.04 Å². The Kier molecular flexibility index (Phi) is 3.55. The molecule has 1 nitrogen and oxygen atoms in total. The van der Waals surface area contributed by atoms with Gasteiger partial charge in [0.05, 0.1) is 0 Å². The predicted octanol–water partition coefficient (Wildman–Crippen LogP) is 3.11. The van der Waals surface area contributed by atoms with Crippen LogP contribution in [0, 0.1) is 11.3 Å². The first-order chi connectivity index (χ1) is 6.08. The van der Waals surface area contributed by atoms with Gasteiger partial charge in [-0.1, -0.05) is 32.8 Å². The molecule has 0 radical (unpaired) electrons. The molecule has 2 atom stereocenters. The highest BCUT2D eigenvalue weighted by molar-refractivity contribution is 4.91. The van der Waals surface area contributed by atoms with E-state index in [-0.39, 0.29) is 0 Å². The van der Waals surface area contributed by atoms with Crippen molar-refractivity contribution in [1.29, 1.82) is 0 Å². The first-order valence-electron chi connectivity index (χ1n) is 5.44. The van der Waals surface area contributed by atoms with Crippen molar-refractivity contribution in [3.63, 3.8) is 0 Å². The van der Waals surface area contributed by atoms with Crippen LogP contribution in [0.5, 0.6) is 0 Å². The summed E-state index contributed by atoms with van der Waals surface area (Å²) in [5, 5.41) is 0. The Hall–Kier alpha value is -0.300. The number of hydrogen-bond donors (Lipinski definition) is 1. The molecular weight excluding hydrogens is 158 g/mol. The summed E-state index contributed by atoms with van der Waals surface area (Å²) in [6.45, 7) is 8.49. The Morgan fingerprint density at radius 1 is 1.54 bits per heavy atom. The first kappa shape index (κ1) is 10.8. The van der Waals surface area contributed by atoms with Gasteiger partial charge in [0.1, 0.15) is 0 Å². The molecule has 2 unspecified atom stereocenters. The van der Waals surface area contributed by atoms with Crippen molar-refractivity contribution in [2.75, 3.05) is 0 Å². The average molecular weight is 181 g/mol. The molecule has 1 aliphatic carbocycles. The zero-order valence-corrected chi connectivity index (χ0v) is 9.05. The molecule has 13 heavy (non-hydrogen) atoms. The van der Waals surface area contributed by atoms with E-state index in [0.717, 1.165) is 6.42 Å². The highest BCUT2D eigenvalue weighted by Crippen LogP contribution is 2.42. The fourth-order valence-electron chi connectivity index (χ4n) is 2.67. The quantitative estimate of drug-likeness (QED) is 0.665. The molecule has 0 amide bonds. The molecule has 0 aromatic rings. The van der Waals surface area contributed by atoms with Crippen LogP contribution in [0.1, 0.15) is 46.0 Å². The van der Waals surface area contributed by atoms with Crippen molar-refractivity contribution in [1.82, 2.24) is 0 Å². The molecule has 1 aliphatic rings. The van der Waals surface area contributed by atoms with Crippen LogP contribution in [0.15, 0.2) is 12.7 Å². The normalized spacial score (nSPS) is 29.6. The van der Waals surface area contributed by atoms with Crippen LogP contribution < -0.4 is 5.73 Å². The van der Waals surface area contributed by atoms with Crippen LogP contribution in [0.2, 0.25) is 0 Å². The summed E-state index contributed by atoms with van der Waals surface area (Å²) in [4.78, 5) is 0. The Morgan fingerprint density at radius 2 is 2.23 bits per heavy atom. The van der Waals surface area contributed by atoms with Gasteiger partial charge in [-0.3, -0.25) is 0 Å². The Morgan fingerprint density at radius 3 is 2.77 bits per heavy atom. The minimum absolute atomic E-state index is 0.327. The zero-order valence-electron chi connectivity index (χ0n) is 9.05. The maximum atomic E-state index is 6.16. The van der Waals surface area contributed by atoms with Gasteiger partial charge < -0.3 is 5.73 Å². The fraction of sp³-hybridized carbons (Fsp3) is 0.833. The van der Waals surface area contributed by atoms with Gasteiger partial charge in [-0.15, -0.1) is 6.58 Å². The van der Waals surface area contributed by atoms with Crippen LogP contribution in [-0.4, -0.2) is 6.04 Å². The van der Waals surface area contributed by atoms with E-state index in [1.165, 1.54) is 25.7 Å². The smallest absolute Gasteiger partial charge is 0.0107 e. The van der Waals surface area contributed by atoms with E-state index in [9.17, 15) is 0 Å². The van der Waals surface area contributed by atoms with Gasteiger partial charge >= 0.3 is 0 Å². The van der Waals surface area contributed by atoms with Crippen LogP contribution >= 0.6 is 0 Å². The molecule has 2 N–H and O–H groups in total. The summed E-state index contributed by atoms with van der Waals surface area (Å²) in [5.41, 5.74) is 6.61. The van der Waals surface area contributed by atoms with Crippen molar-refractivity contribution in [2.45, 2.75) is 52.0 Å². The van der Waals surface area contributed by atoms with Gasteiger partial charge in [-0.05, 0) is 30.6 Å². The van der Waals surface area contributed by atoms with E-state index >= 15 is 0 Å². The highest BCUT2D eigenvalue weighted by atomic mass is 14.7. The molecule has 1 saturated carbocycles. The van der Waals surface area contributed by atoms with Gasteiger partial charge in [-0.2, -0.15) is 0 Å². The number of nitrogens with two attached hydrogens (primary N) is 1. The third-order valence-corrected chi connectivity index (χ3v) is 3.55. The molecule has 1 heteroatoms. The molecule has 0 bridgehead atoms. The summed E-state index contributed by atoms with van der Waals surface area (Å²) in [6.07, 6.45) is 8.30. The number of hydrogen-bond acceptors (Lipinski definition) is 1. The summed E-state index contributed by atoms with van der Waals surface area (Å²) < 4.78 is 0.